The van der Waals surface area contributed by atoms with E-state index in [1.54, 1.807) is 35.5 Å². The van der Waals surface area contributed by atoms with E-state index in [4.69, 9.17) is 4.74 Å². The van der Waals surface area contributed by atoms with E-state index in [9.17, 15) is 4.79 Å². The van der Waals surface area contributed by atoms with Crippen LogP contribution in [0.3, 0.4) is 0 Å². The summed E-state index contributed by atoms with van der Waals surface area (Å²) in [4.78, 5) is 30.1. The van der Waals surface area contributed by atoms with Gasteiger partial charge in [-0.05, 0) is 18.2 Å². The van der Waals surface area contributed by atoms with Crippen molar-refractivity contribution in [3.63, 3.8) is 0 Å². The van der Waals surface area contributed by atoms with Crippen molar-refractivity contribution in [2.75, 3.05) is 44.2 Å². The number of fused-ring (bicyclic) bond motifs is 1. The van der Waals surface area contributed by atoms with Gasteiger partial charge in [0.1, 0.15) is 12.1 Å². The SMILES string of the molecule is O=c1ccc(-c2cccnc2)nn1CCN1CCN(c2ncnc3c2COCC3)CC1. The van der Waals surface area contributed by atoms with E-state index in [0.29, 0.717) is 13.2 Å². The van der Waals surface area contributed by atoms with Crippen LogP contribution in [-0.2, 0) is 24.3 Å². The average molecular weight is 419 g/mol. The van der Waals surface area contributed by atoms with Crippen molar-refractivity contribution in [3.8, 4) is 11.3 Å². The first kappa shape index (κ1) is 19.8. The van der Waals surface area contributed by atoms with Crippen LogP contribution in [0.2, 0.25) is 0 Å². The third-order valence-electron chi connectivity index (χ3n) is 5.87. The number of pyridine rings is 1. The van der Waals surface area contributed by atoms with Crippen LogP contribution in [0.15, 0.2) is 47.8 Å². The molecule has 9 heteroatoms. The summed E-state index contributed by atoms with van der Waals surface area (Å²) >= 11 is 0. The molecule has 0 amide bonds. The Balaban J connectivity index is 1.21. The minimum atomic E-state index is -0.0844. The van der Waals surface area contributed by atoms with E-state index in [1.807, 2.05) is 12.1 Å². The van der Waals surface area contributed by atoms with Gasteiger partial charge in [-0.15, -0.1) is 0 Å². The van der Waals surface area contributed by atoms with Crippen molar-refractivity contribution in [3.05, 3.63) is 64.6 Å². The van der Waals surface area contributed by atoms with Crippen LogP contribution in [0.25, 0.3) is 11.3 Å². The molecule has 0 aromatic carbocycles. The lowest BCUT2D eigenvalue weighted by Crippen LogP contribution is -2.48. The molecular weight excluding hydrogens is 394 g/mol. The number of ether oxygens (including phenoxy) is 1. The Hall–Kier alpha value is -3.17. The lowest BCUT2D eigenvalue weighted by Gasteiger charge is -2.36. The molecule has 3 aromatic heterocycles. The highest BCUT2D eigenvalue weighted by atomic mass is 16.5. The summed E-state index contributed by atoms with van der Waals surface area (Å²) in [7, 11) is 0. The lowest BCUT2D eigenvalue weighted by atomic mass is 10.1. The third kappa shape index (κ3) is 4.33. The molecule has 2 aliphatic heterocycles. The second-order valence-electron chi connectivity index (χ2n) is 7.78. The van der Waals surface area contributed by atoms with Gasteiger partial charge in [0.2, 0.25) is 0 Å². The lowest BCUT2D eigenvalue weighted by molar-refractivity contribution is 0.109. The Kier molecular flexibility index (Phi) is 5.68. The zero-order valence-electron chi connectivity index (χ0n) is 17.4. The Labute approximate surface area is 180 Å². The summed E-state index contributed by atoms with van der Waals surface area (Å²) in [6.45, 7) is 6.27. The van der Waals surface area contributed by atoms with Gasteiger partial charge in [0.25, 0.3) is 5.56 Å². The van der Waals surface area contributed by atoms with Crippen LogP contribution >= 0.6 is 0 Å². The van der Waals surface area contributed by atoms with E-state index >= 15 is 0 Å². The number of hydrogen-bond acceptors (Lipinski definition) is 8. The molecule has 160 valence electrons. The third-order valence-corrected chi connectivity index (χ3v) is 5.87. The fraction of sp³-hybridized carbons (Fsp3) is 0.409. The quantitative estimate of drug-likeness (QED) is 0.605. The van der Waals surface area contributed by atoms with E-state index in [1.165, 1.54) is 0 Å². The Morgan fingerprint density at radius 2 is 1.94 bits per heavy atom. The summed E-state index contributed by atoms with van der Waals surface area (Å²) in [6, 6.07) is 7.14. The molecule has 3 aromatic rings. The Bertz CT molecular complexity index is 1090. The number of anilines is 1. The largest absolute Gasteiger partial charge is 0.376 e. The van der Waals surface area contributed by atoms with E-state index < -0.39 is 0 Å². The fourth-order valence-corrected chi connectivity index (χ4v) is 4.11. The average Bonchev–Trinajstić information content (AvgIpc) is 2.84. The number of aromatic nitrogens is 5. The van der Waals surface area contributed by atoms with Crippen LogP contribution in [-0.4, -0.2) is 69.0 Å². The van der Waals surface area contributed by atoms with Crippen molar-refractivity contribution in [2.24, 2.45) is 0 Å². The van der Waals surface area contributed by atoms with Crippen molar-refractivity contribution >= 4 is 5.82 Å². The molecule has 5 rings (SSSR count). The first-order valence-electron chi connectivity index (χ1n) is 10.6. The summed E-state index contributed by atoms with van der Waals surface area (Å²) in [6.07, 6.45) is 6.00. The van der Waals surface area contributed by atoms with Crippen molar-refractivity contribution in [1.82, 2.24) is 29.6 Å². The maximum Gasteiger partial charge on any atom is 0.266 e. The molecule has 0 N–H and O–H groups in total. The number of piperazine rings is 1. The normalized spacial score (nSPS) is 16.8. The highest BCUT2D eigenvalue weighted by Gasteiger charge is 2.23. The first-order valence-corrected chi connectivity index (χ1v) is 10.6. The molecular formula is C22H25N7O2. The minimum Gasteiger partial charge on any atom is -0.376 e. The highest BCUT2D eigenvalue weighted by Crippen LogP contribution is 2.25. The van der Waals surface area contributed by atoms with Crippen LogP contribution in [0.5, 0.6) is 0 Å². The van der Waals surface area contributed by atoms with Gasteiger partial charge >= 0.3 is 0 Å². The molecule has 0 spiro atoms. The zero-order chi connectivity index (χ0) is 21.0. The predicted molar refractivity (Wildman–Crippen MR) is 116 cm³/mol. The van der Waals surface area contributed by atoms with E-state index in [-0.39, 0.29) is 5.56 Å². The van der Waals surface area contributed by atoms with Crippen LogP contribution in [0.1, 0.15) is 11.3 Å². The van der Waals surface area contributed by atoms with Crippen molar-refractivity contribution in [2.45, 2.75) is 19.6 Å². The number of nitrogens with zero attached hydrogens (tertiary/aromatic N) is 7. The van der Waals surface area contributed by atoms with Gasteiger partial charge in [0.05, 0.1) is 31.1 Å². The van der Waals surface area contributed by atoms with Crippen molar-refractivity contribution in [1.29, 1.82) is 0 Å². The van der Waals surface area contributed by atoms with Gasteiger partial charge in [0, 0.05) is 68.7 Å². The van der Waals surface area contributed by atoms with Gasteiger partial charge in [0.15, 0.2) is 0 Å². The maximum absolute atomic E-state index is 12.3. The topological polar surface area (TPSA) is 89.3 Å². The van der Waals surface area contributed by atoms with Gasteiger partial charge in [-0.2, -0.15) is 5.10 Å². The molecule has 0 atom stereocenters. The summed E-state index contributed by atoms with van der Waals surface area (Å²) in [5.41, 5.74) is 3.82. The van der Waals surface area contributed by atoms with E-state index in [0.717, 1.165) is 74.1 Å². The molecule has 0 radical (unpaired) electrons. The molecule has 31 heavy (non-hydrogen) atoms. The maximum atomic E-state index is 12.3. The fourth-order valence-electron chi connectivity index (χ4n) is 4.11. The van der Waals surface area contributed by atoms with Gasteiger partial charge in [-0.1, -0.05) is 0 Å². The second-order valence-corrected chi connectivity index (χ2v) is 7.78. The minimum absolute atomic E-state index is 0.0844. The van der Waals surface area contributed by atoms with Crippen molar-refractivity contribution < 1.29 is 4.74 Å². The number of hydrogen-bond donors (Lipinski definition) is 0. The summed E-state index contributed by atoms with van der Waals surface area (Å²) in [5, 5.41) is 4.53. The molecule has 1 fully saturated rings. The van der Waals surface area contributed by atoms with Crippen LogP contribution < -0.4 is 10.5 Å². The molecule has 0 unspecified atom stereocenters. The summed E-state index contributed by atoms with van der Waals surface area (Å²) in [5.74, 6) is 1.01. The zero-order valence-corrected chi connectivity index (χ0v) is 17.4. The molecule has 0 bridgehead atoms. The van der Waals surface area contributed by atoms with E-state index in [2.05, 4.69) is 29.9 Å². The molecule has 0 aliphatic carbocycles. The first-order chi connectivity index (χ1) is 15.3. The standard InChI is InChI=1S/C22H25N7O2/c30-21-4-3-19(17-2-1-6-23-14-17)26-29(21)12-9-27-7-10-28(11-8-27)22-18-15-31-13-5-20(18)24-16-25-22/h1-4,6,14,16H,5,7-13,15H2. The number of rotatable bonds is 5. The Morgan fingerprint density at radius 1 is 1.03 bits per heavy atom. The van der Waals surface area contributed by atoms with Crippen LogP contribution in [0.4, 0.5) is 5.82 Å². The van der Waals surface area contributed by atoms with Crippen LogP contribution in [0, 0.1) is 0 Å². The smallest absolute Gasteiger partial charge is 0.266 e. The molecule has 9 nitrogen and oxygen atoms in total. The highest BCUT2D eigenvalue weighted by molar-refractivity contribution is 5.56. The predicted octanol–water partition coefficient (Wildman–Crippen LogP) is 0.990. The van der Waals surface area contributed by atoms with Gasteiger partial charge < -0.3 is 9.64 Å². The molecule has 5 heterocycles. The molecule has 1 saturated heterocycles. The molecule has 0 saturated carbocycles. The Morgan fingerprint density at radius 3 is 2.77 bits per heavy atom. The molecule has 2 aliphatic rings. The van der Waals surface area contributed by atoms with Gasteiger partial charge in [-0.3, -0.25) is 14.7 Å². The second kappa shape index (κ2) is 8.91. The summed E-state index contributed by atoms with van der Waals surface area (Å²) < 4.78 is 7.18. The monoisotopic (exact) mass is 419 g/mol. The van der Waals surface area contributed by atoms with Gasteiger partial charge in [-0.25, -0.2) is 14.6 Å².